The van der Waals surface area contributed by atoms with Crippen LogP contribution in [-0.2, 0) is 21.0 Å². The van der Waals surface area contributed by atoms with Crippen molar-refractivity contribution < 1.29 is 23.1 Å². The lowest BCUT2D eigenvalue weighted by Gasteiger charge is -2.45. The van der Waals surface area contributed by atoms with Gasteiger partial charge in [0.1, 0.15) is 11.3 Å². The second kappa shape index (κ2) is 6.96. The van der Waals surface area contributed by atoms with Gasteiger partial charge in [-0.05, 0) is 32.8 Å². The molecule has 2 atom stereocenters. The largest absolute Gasteiger partial charge is 0.444 e. The molecule has 1 aliphatic rings. The third-order valence-corrected chi connectivity index (χ3v) is 5.89. The van der Waals surface area contributed by atoms with E-state index in [1.807, 2.05) is 30.3 Å². The number of ether oxygens (including phenoxy) is 1. The van der Waals surface area contributed by atoms with Gasteiger partial charge in [-0.1, -0.05) is 30.3 Å². The van der Waals surface area contributed by atoms with Crippen LogP contribution in [0.1, 0.15) is 39.2 Å². The van der Waals surface area contributed by atoms with Gasteiger partial charge in [-0.2, -0.15) is 0 Å². The molecule has 7 heteroatoms. The molecule has 0 aromatic heterocycles. The number of amides is 1. The highest BCUT2D eigenvalue weighted by molar-refractivity contribution is 7.91. The van der Waals surface area contributed by atoms with Crippen molar-refractivity contribution >= 4 is 15.9 Å². The Balaban J connectivity index is 2.32. The quantitative estimate of drug-likeness (QED) is 0.884. The Kier molecular flexibility index (Phi) is 5.49. The summed E-state index contributed by atoms with van der Waals surface area (Å²) in [5.41, 5.74) is -1.47. The van der Waals surface area contributed by atoms with Crippen molar-refractivity contribution in [2.24, 2.45) is 0 Å². The smallest absolute Gasteiger partial charge is 0.412 e. The summed E-state index contributed by atoms with van der Waals surface area (Å²) >= 11 is 0. The van der Waals surface area contributed by atoms with Crippen molar-refractivity contribution in [3.8, 4) is 0 Å². The fourth-order valence-corrected chi connectivity index (χ4v) is 4.20. The molecule has 1 aromatic rings. The summed E-state index contributed by atoms with van der Waals surface area (Å²) in [5, 5.41) is 10.6. The Bertz CT molecular complexity index is 711. The number of carbonyl (C=O) groups is 1. The van der Waals surface area contributed by atoms with Crippen molar-refractivity contribution in [3.05, 3.63) is 35.9 Å². The predicted octanol–water partition coefficient (Wildman–Crippen LogP) is 2.36. The third kappa shape index (κ3) is 5.19. The van der Waals surface area contributed by atoms with Crippen molar-refractivity contribution in [1.82, 2.24) is 4.90 Å². The van der Waals surface area contributed by atoms with Crippen LogP contribution < -0.4 is 0 Å². The van der Waals surface area contributed by atoms with E-state index in [0.717, 1.165) is 5.56 Å². The summed E-state index contributed by atoms with van der Waals surface area (Å²) < 4.78 is 29.4. The van der Waals surface area contributed by atoms with E-state index in [4.69, 9.17) is 4.74 Å². The molecule has 0 spiro atoms. The Morgan fingerprint density at radius 2 is 1.92 bits per heavy atom. The molecule has 1 saturated heterocycles. The summed E-state index contributed by atoms with van der Waals surface area (Å²) in [4.78, 5) is 13.8. The number of aliphatic hydroxyl groups is 1. The number of nitrogens with zero attached hydrogens (tertiary/aromatic N) is 1. The van der Waals surface area contributed by atoms with Crippen LogP contribution in [0.25, 0.3) is 0 Å². The molecule has 6 nitrogen and oxygen atoms in total. The van der Waals surface area contributed by atoms with Crippen LogP contribution in [0.2, 0.25) is 0 Å². The molecule has 1 aromatic carbocycles. The van der Waals surface area contributed by atoms with E-state index < -0.39 is 32.5 Å². The molecule has 1 amide bonds. The minimum absolute atomic E-state index is 0.0278. The molecule has 0 unspecified atom stereocenters. The monoisotopic (exact) mass is 369 g/mol. The lowest BCUT2D eigenvalue weighted by atomic mass is 9.91. The lowest BCUT2D eigenvalue weighted by Crippen LogP contribution is -2.60. The number of benzene rings is 1. The first-order valence-electron chi connectivity index (χ1n) is 8.36. The van der Waals surface area contributed by atoms with Gasteiger partial charge in [0.2, 0.25) is 0 Å². The molecule has 25 heavy (non-hydrogen) atoms. The van der Waals surface area contributed by atoms with Crippen LogP contribution in [0.3, 0.4) is 0 Å². The number of rotatable bonds is 3. The number of piperidine rings is 1. The molecule has 0 radical (unpaired) electrons. The molecule has 2 rings (SSSR count). The van der Waals surface area contributed by atoms with Crippen molar-refractivity contribution in [1.29, 1.82) is 0 Å². The molecule has 1 aliphatic heterocycles. The lowest BCUT2D eigenvalue weighted by molar-refractivity contribution is -0.124. The van der Waals surface area contributed by atoms with E-state index >= 15 is 0 Å². The second-order valence-corrected chi connectivity index (χ2v) is 10.0. The maximum absolute atomic E-state index is 12.6. The number of carbonyl (C=O) groups excluding carboxylic acids is 1. The van der Waals surface area contributed by atoms with Gasteiger partial charge in [-0.15, -0.1) is 0 Å². The maximum atomic E-state index is 12.6. The van der Waals surface area contributed by atoms with E-state index in [0.29, 0.717) is 0 Å². The van der Waals surface area contributed by atoms with E-state index in [1.165, 1.54) is 11.2 Å². The van der Waals surface area contributed by atoms with Crippen LogP contribution >= 0.6 is 0 Å². The zero-order valence-electron chi connectivity index (χ0n) is 15.2. The highest BCUT2D eigenvalue weighted by atomic mass is 32.2. The average molecular weight is 369 g/mol. The van der Waals surface area contributed by atoms with Gasteiger partial charge in [0.05, 0.1) is 5.25 Å². The van der Waals surface area contributed by atoms with Gasteiger partial charge in [0, 0.05) is 25.6 Å². The Labute approximate surface area is 149 Å². The first-order chi connectivity index (χ1) is 11.4. The molecule has 1 N–H and O–H groups in total. The number of likely N-dealkylation sites (tertiary alicyclic amines) is 1. The molecular weight excluding hydrogens is 342 g/mol. The van der Waals surface area contributed by atoms with Crippen molar-refractivity contribution in [2.45, 2.75) is 56.6 Å². The van der Waals surface area contributed by atoms with E-state index in [1.54, 1.807) is 20.8 Å². The third-order valence-electron chi connectivity index (χ3n) is 4.28. The minimum Gasteiger partial charge on any atom is -0.444 e. The zero-order chi connectivity index (χ0) is 18.9. The Morgan fingerprint density at radius 3 is 2.44 bits per heavy atom. The Morgan fingerprint density at radius 1 is 1.32 bits per heavy atom. The summed E-state index contributed by atoms with van der Waals surface area (Å²) in [6.07, 6.45) is 0.954. The van der Waals surface area contributed by atoms with Crippen molar-refractivity contribution in [3.63, 3.8) is 0 Å². The maximum Gasteiger partial charge on any atom is 0.412 e. The minimum atomic E-state index is -3.31. The van der Waals surface area contributed by atoms with E-state index in [-0.39, 0.29) is 25.8 Å². The summed E-state index contributed by atoms with van der Waals surface area (Å²) in [6, 6.07) is 9.23. The summed E-state index contributed by atoms with van der Waals surface area (Å²) in [5.74, 6) is 0. The molecule has 0 bridgehead atoms. The molecule has 0 saturated carbocycles. The first-order valence-corrected chi connectivity index (χ1v) is 10.3. The molecule has 1 fully saturated rings. The fraction of sp³-hybridized carbons (Fsp3) is 0.611. The van der Waals surface area contributed by atoms with Gasteiger partial charge < -0.3 is 9.84 Å². The number of sulfone groups is 1. The van der Waals surface area contributed by atoms with Crippen molar-refractivity contribution in [2.75, 3.05) is 12.8 Å². The van der Waals surface area contributed by atoms with E-state index in [2.05, 4.69) is 0 Å². The summed E-state index contributed by atoms with van der Waals surface area (Å²) in [6.45, 7) is 5.40. The van der Waals surface area contributed by atoms with Gasteiger partial charge in [-0.25, -0.2) is 13.2 Å². The van der Waals surface area contributed by atoms with Gasteiger partial charge in [0.25, 0.3) is 0 Å². The molecule has 1 heterocycles. The second-order valence-electron chi connectivity index (χ2n) is 7.72. The Hall–Kier alpha value is -1.60. The summed E-state index contributed by atoms with van der Waals surface area (Å²) in [7, 11) is -3.31. The van der Waals surface area contributed by atoms with Crippen LogP contribution in [0.15, 0.2) is 30.3 Å². The van der Waals surface area contributed by atoms with Gasteiger partial charge >= 0.3 is 6.09 Å². The first kappa shape index (κ1) is 19.7. The van der Waals surface area contributed by atoms with Gasteiger partial charge in [-0.3, -0.25) is 4.90 Å². The fourth-order valence-electron chi connectivity index (χ4n) is 3.09. The topological polar surface area (TPSA) is 83.9 Å². The standard InChI is InChI=1S/C18H27NO5S/c1-17(2,3)24-16(20)19-11-10-15(25(4,22)23)13-18(19,21)12-14-8-6-5-7-9-14/h5-9,15,21H,10-13H2,1-4H3/t15-,18-/m1/s1. The average Bonchev–Trinajstić information content (AvgIpc) is 2.44. The van der Waals surface area contributed by atoms with Crippen LogP contribution in [0.4, 0.5) is 4.79 Å². The number of hydrogen-bond acceptors (Lipinski definition) is 5. The zero-order valence-corrected chi connectivity index (χ0v) is 16.0. The van der Waals surface area contributed by atoms with Crippen LogP contribution in [-0.4, -0.2) is 53.9 Å². The van der Waals surface area contributed by atoms with Gasteiger partial charge in [0.15, 0.2) is 9.84 Å². The predicted molar refractivity (Wildman–Crippen MR) is 95.9 cm³/mol. The SMILES string of the molecule is CC(C)(C)OC(=O)N1CC[C@@H](S(C)(=O)=O)C[C@]1(O)Cc1ccccc1. The molecule has 140 valence electrons. The highest BCUT2D eigenvalue weighted by Crippen LogP contribution is 2.33. The molecular formula is C18H27NO5S. The molecule has 0 aliphatic carbocycles. The van der Waals surface area contributed by atoms with Crippen LogP contribution in [0.5, 0.6) is 0 Å². The normalized spacial score (nSPS) is 24.8. The highest BCUT2D eigenvalue weighted by Gasteiger charge is 2.47. The van der Waals surface area contributed by atoms with Crippen LogP contribution in [0, 0.1) is 0 Å². The number of hydrogen-bond donors (Lipinski definition) is 1. The van der Waals surface area contributed by atoms with E-state index in [9.17, 15) is 18.3 Å².